The number of nitrogens with two attached hydrogens (primary N) is 1. The first-order chi connectivity index (χ1) is 7.61. The van der Waals surface area contributed by atoms with Crippen molar-refractivity contribution in [2.75, 3.05) is 6.61 Å². The summed E-state index contributed by atoms with van der Waals surface area (Å²) in [5, 5.41) is 11.6. The summed E-state index contributed by atoms with van der Waals surface area (Å²) in [7, 11) is 0. The molecule has 0 bridgehead atoms. The average molecular weight is 227 g/mol. The van der Waals surface area contributed by atoms with Crippen molar-refractivity contribution in [2.24, 2.45) is 5.73 Å². The molecule has 2 heterocycles. The van der Waals surface area contributed by atoms with Crippen molar-refractivity contribution in [1.82, 2.24) is 10.2 Å². The first-order valence-corrected chi connectivity index (χ1v) is 5.41. The second kappa shape index (κ2) is 4.40. The van der Waals surface area contributed by atoms with E-state index in [1.807, 2.05) is 6.92 Å². The highest BCUT2D eigenvalue weighted by Crippen LogP contribution is 2.24. The molecule has 0 aliphatic carbocycles. The van der Waals surface area contributed by atoms with E-state index in [2.05, 4.69) is 5.32 Å². The number of hydrogen-bond donors (Lipinski definition) is 3. The van der Waals surface area contributed by atoms with Crippen LogP contribution in [0.1, 0.15) is 19.8 Å². The highest BCUT2D eigenvalue weighted by atomic mass is 16.5. The summed E-state index contributed by atoms with van der Waals surface area (Å²) in [6.07, 6.45) is 2.34. The van der Waals surface area contributed by atoms with Crippen LogP contribution in [0.3, 0.4) is 0 Å². The molecule has 4 N–H and O–H groups in total. The third-order valence-electron chi connectivity index (χ3n) is 2.95. The monoisotopic (exact) mass is 227 g/mol. The molecule has 16 heavy (non-hydrogen) atoms. The molecule has 1 unspecified atom stereocenters. The maximum Gasteiger partial charge on any atom is 0.325 e. The Bertz CT molecular complexity index is 318. The van der Waals surface area contributed by atoms with Crippen molar-refractivity contribution in [1.29, 1.82) is 0 Å². The third kappa shape index (κ3) is 2.04. The van der Waals surface area contributed by atoms with Gasteiger partial charge >= 0.3 is 6.03 Å². The molecule has 0 aromatic carbocycles. The van der Waals surface area contributed by atoms with Crippen molar-refractivity contribution in [3.05, 3.63) is 11.8 Å². The average Bonchev–Trinajstić information content (AvgIpc) is 2.71. The fourth-order valence-corrected chi connectivity index (χ4v) is 1.92. The van der Waals surface area contributed by atoms with Gasteiger partial charge in [0.05, 0.1) is 12.7 Å². The number of nitrogens with one attached hydrogen (secondary N) is 1. The number of rotatable bonds is 2. The van der Waals surface area contributed by atoms with Crippen LogP contribution in [-0.2, 0) is 4.74 Å². The van der Waals surface area contributed by atoms with Gasteiger partial charge in [-0.25, -0.2) is 4.79 Å². The summed E-state index contributed by atoms with van der Waals surface area (Å²) in [6, 6.07) is -0.248. The molecule has 2 aliphatic heterocycles. The number of aliphatic hydroxyl groups is 1. The van der Waals surface area contributed by atoms with Crippen molar-refractivity contribution >= 4 is 6.03 Å². The van der Waals surface area contributed by atoms with Crippen LogP contribution in [0.25, 0.3) is 0 Å². The summed E-state index contributed by atoms with van der Waals surface area (Å²) in [4.78, 5) is 13.2. The van der Waals surface area contributed by atoms with Crippen molar-refractivity contribution in [3.63, 3.8) is 0 Å². The summed E-state index contributed by atoms with van der Waals surface area (Å²) < 4.78 is 5.53. The van der Waals surface area contributed by atoms with Crippen LogP contribution in [0.5, 0.6) is 0 Å². The molecule has 90 valence electrons. The van der Waals surface area contributed by atoms with E-state index >= 15 is 0 Å². The summed E-state index contributed by atoms with van der Waals surface area (Å²) in [5.74, 6) is 0. The minimum atomic E-state index is -0.418. The quantitative estimate of drug-likeness (QED) is 0.604. The van der Waals surface area contributed by atoms with Gasteiger partial charge in [0, 0.05) is 6.20 Å². The summed E-state index contributed by atoms with van der Waals surface area (Å²) in [5.41, 5.74) is 6.56. The standard InChI is InChI=1S/C10H17N3O3/c1-6-4-13(10(15)12-9(6)11)8-3-2-7(5-14)16-8/h4,7-9,14H,2-3,5,11H2,1H3,(H,12,15)/t7-,8+,9?/m0/s1. The van der Waals surface area contributed by atoms with Crippen LogP contribution >= 0.6 is 0 Å². The lowest BCUT2D eigenvalue weighted by molar-refractivity contribution is -0.0376. The van der Waals surface area contributed by atoms with Crippen molar-refractivity contribution < 1.29 is 14.6 Å². The highest BCUT2D eigenvalue weighted by molar-refractivity contribution is 5.77. The second-order valence-electron chi connectivity index (χ2n) is 4.18. The van der Waals surface area contributed by atoms with Crippen LogP contribution < -0.4 is 11.1 Å². The molecule has 6 nitrogen and oxygen atoms in total. The molecule has 0 radical (unpaired) electrons. The Hall–Kier alpha value is -1.11. The molecule has 1 saturated heterocycles. The van der Waals surface area contributed by atoms with E-state index in [4.69, 9.17) is 15.6 Å². The van der Waals surface area contributed by atoms with Crippen molar-refractivity contribution in [2.45, 2.75) is 38.3 Å². The summed E-state index contributed by atoms with van der Waals surface area (Å²) >= 11 is 0. The molecular weight excluding hydrogens is 210 g/mol. The Balaban J connectivity index is 2.07. The molecule has 2 rings (SSSR count). The van der Waals surface area contributed by atoms with Crippen molar-refractivity contribution in [3.8, 4) is 0 Å². The Labute approximate surface area is 94.0 Å². The molecular formula is C10H17N3O3. The molecule has 2 amide bonds. The zero-order valence-corrected chi connectivity index (χ0v) is 9.22. The van der Waals surface area contributed by atoms with Crippen LogP contribution in [0, 0.1) is 0 Å². The minimum absolute atomic E-state index is 0.00578. The zero-order valence-electron chi connectivity index (χ0n) is 9.22. The molecule has 3 atom stereocenters. The lowest BCUT2D eigenvalue weighted by Gasteiger charge is -2.32. The van der Waals surface area contributed by atoms with Gasteiger partial charge in [-0.15, -0.1) is 0 Å². The van der Waals surface area contributed by atoms with E-state index in [9.17, 15) is 4.79 Å². The number of hydrogen-bond acceptors (Lipinski definition) is 4. The number of carbonyl (C=O) groups excluding carboxylic acids is 1. The van der Waals surface area contributed by atoms with Gasteiger partial charge < -0.3 is 20.9 Å². The van der Waals surface area contributed by atoms with E-state index in [0.717, 1.165) is 18.4 Å². The first kappa shape index (κ1) is 11.4. The van der Waals surface area contributed by atoms with Crippen LogP contribution in [0.4, 0.5) is 4.79 Å². The van der Waals surface area contributed by atoms with Crippen LogP contribution in [-0.4, -0.2) is 41.1 Å². The maximum absolute atomic E-state index is 11.7. The molecule has 0 aromatic heterocycles. The predicted molar refractivity (Wildman–Crippen MR) is 57.1 cm³/mol. The number of urea groups is 1. The third-order valence-corrected chi connectivity index (χ3v) is 2.95. The van der Waals surface area contributed by atoms with Gasteiger partial charge in [0.15, 0.2) is 0 Å². The first-order valence-electron chi connectivity index (χ1n) is 5.41. The van der Waals surface area contributed by atoms with Gasteiger partial charge in [0.25, 0.3) is 0 Å². The normalized spacial score (nSPS) is 34.9. The fourth-order valence-electron chi connectivity index (χ4n) is 1.92. The number of nitrogens with zero attached hydrogens (tertiary/aromatic N) is 1. The highest BCUT2D eigenvalue weighted by Gasteiger charge is 2.34. The second-order valence-corrected chi connectivity index (χ2v) is 4.18. The number of aliphatic hydroxyl groups excluding tert-OH is 1. The number of carbonyl (C=O) groups is 1. The Kier molecular flexibility index (Phi) is 3.13. The van der Waals surface area contributed by atoms with Gasteiger partial charge in [-0.3, -0.25) is 4.90 Å². The Morgan fingerprint density at radius 3 is 3.06 bits per heavy atom. The van der Waals surface area contributed by atoms with Crippen LogP contribution in [0.15, 0.2) is 11.8 Å². The van der Waals surface area contributed by atoms with Gasteiger partial charge in [-0.2, -0.15) is 0 Å². The van der Waals surface area contributed by atoms with E-state index in [-0.39, 0.29) is 25.0 Å². The zero-order chi connectivity index (χ0) is 11.7. The van der Waals surface area contributed by atoms with E-state index in [1.54, 1.807) is 6.20 Å². The minimum Gasteiger partial charge on any atom is -0.394 e. The van der Waals surface area contributed by atoms with Crippen LogP contribution in [0.2, 0.25) is 0 Å². The van der Waals surface area contributed by atoms with Gasteiger partial charge in [0.1, 0.15) is 12.4 Å². The van der Waals surface area contributed by atoms with E-state index in [1.165, 1.54) is 4.90 Å². The molecule has 0 saturated carbocycles. The summed E-state index contributed by atoms with van der Waals surface area (Å²) in [6.45, 7) is 1.85. The van der Waals surface area contributed by atoms with Gasteiger partial charge in [-0.1, -0.05) is 0 Å². The topological polar surface area (TPSA) is 87.8 Å². The maximum atomic E-state index is 11.7. The smallest absolute Gasteiger partial charge is 0.325 e. The Morgan fingerprint density at radius 1 is 1.69 bits per heavy atom. The van der Waals surface area contributed by atoms with E-state index < -0.39 is 6.17 Å². The molecule has 6 heteroatoms. The largest absolute Gasteiger partial charge is 0.394 e. The van der Waals surface area contributed by atoms with E-state index in [0.29, 0.717) is 0 Å². The van der Waals surface area contributed by atoms with Gasteiger partial charge in [0.2, 0.25) is 0 Å². The predicted octanol–water partition coefficient (Wildman–Crippen LogP) is -0.302. The lowest BCUT2D eigenvalue weighted by atomic mass is 10.2. The number of amides is 2. The SMILES string of the molecule is CC1=CN([C@H]2CC[C@@H](CO)O2)C(=O)NC1N. The number of ether oxygens (including phenoxy) is 1. The molecule has 0 aromatic rings. The lowest BCUT2D eigenvalue weighted by Crippen LogP contribution is -2.54. The molecule has 0 spiro atoms. The van der Waals surface area contributed by atoms with Gasteiger partial charge in [-0.05, 0) is 25.3 Å². The molecule has 1 fully saturated rings. The Morgan fingerprint density at radius 2 is 2.44 bits per heavy atom. The fraction of sp³-hybridized carbons (Fsp3) is 0.700. The molecule has 2 aliphatic rings.